The second kappa shape index (κ2) is 10.8. The van der Waals surface area contributed by atoms with Crippen molar-refractivity contribution in [3.8, 4) is 5.75 Å². The number of nitrogens with one attached hydrogen (secondary N) is 2. The molecule has 1 aliphatic carbocycles. The standard InChI is InChI=1S/C25H32FN3O2.HI/c1-27-23(28-17-24(10-11-24)20-4-3-5-21(26)16-20)29-18-25(12-14-31-15-13-25)19-6-8-22(30-2)9-7-19;/h3-9,16H,10-15,17-18H2,1-2H3,(H2,27,28,29);1H. The van der Waals surface area contributed by atoms with Crippen molar-refractivity contribution in [1.29, 1.82) is 0 Å². The number of nitrogens with zero attached hydrogens (tertiary/aromatic N) is 1. The molecule has 0 amide bonds. The van der Waals surface area contributed by atoms with E-state index < -0.39 is 0 Å². The van der Waals surface area contributed by atoms with Crippen LogP contribution in [0.4, 0.5) is 4.39 Å². The Hall–Kier alpha value is -1.87. The molecule has 2 fully saturated rings. The van der Waals surface area contributed by atoms with Crippen LogP contribution in [0.25, 0.3) is 0 Å². The van der Waals surface area contributed by atoms with Gasteiger partial charge in [0.05, 0.1) is 7.11 Å². The van der Waals surface area contributed by atoms with Crippen molar-refractivity contribution in [3.05, 3.63) is 65.5 Å². The monoisotopic (exact) mass is 553 g/mol. The molecule has 0 spiro atoms. The maximum atomic E-state index is 13.7. The summed E-state index contributed by atoms with van der Waals surface area (Å²) in [7, 11) is 3.48. The average molecular weight is 553 g/mol. The predicted molar refractivity (Wildman–Crippen MR) is 137 cm³/mol. The first-order valence-corrected chi connectivity index (χ1v) is 11.0. The third kappa shape index (κ3) is 5.54. The lowest BCUT2D eigenvalue weighted by Gasteiger charge is -2.38. The second-order valence-electron chi connectivity index (χ2n) is 8.69. The van der Waals surface area contributed by atoms with Gasteiger partial charge in [0.15, 0.2) is 5.96 Å². The molecule has 0 atom stereocenters. The molecule has 0 bridgehead atoms. The van der Waals surface area contributed by atoms with Crippen LogP contribution in [0.3, 0.4) is 0 Å². The Morgan fingerprint density at radius 1 is 0.969 bits per heavy atom. The zero-order valence-corrected chi connectivity index (χ0v) is 21.2. The van der Waals surface area contributed by atoms with Gasteiger partial charge in [-0.2, -0.15) is 0 Å². The third-order valence-electron chi connectivity index (χ3n) is 6.85. The Labute approximate surface area is 207 Å². The smallest absolute Gasteiger partial charge is 0.191 e. The molecule has 2 aromatic carbocycles. The topological polar surface area (TPSA) is 54.9 Å². The number of ether oxygens (including phenoxy) is 2. The average Bonchev–Trinajstić information content (AvgIpc) is 3.61. The van der Waals surface area contributed by atoms with E-state index in [0.717, 1.165) is 69.3 Å². The van der Waals surface area contributed by atoms with Crippen LogP contribution in [0.5, 0.6) is 5.75 Å². The molecule has 1 saturated carbocycles. The van der Waals surface area contributed by atoms with E-state index in [9.17, 15) is 4.39 Å². The molecule has 0 aromatic heterocycles. The lowest BCUT2D eigenvalue weighted by molar-refractivity contribution is 0.0513. The zero-order chi connectivity index (χ0) is 21.7. The summed E-state index contributed by atoms with van der Waals surface area (Å²) in [5.74, 6) is 1.47. The summed E-state index contributed by atoms with van der Waals surface area (Å²) in [5, 5.41) is 7.03. The molecule has 1 saturated heterocycles. The summed E-state index contributed by atoms with van der Waals surface area (Å²) in [6.45, 7) is 3.02. The van der Waals surface area contributed by atoms with Crippen LogP contribution in [0.2, 0.25) is 0 Å². The van der Waals surface area contributed by atoms with E-state index in [2.05, 4.69) is 27.8 Å². The molecule has 5 nitrogen and oxygen atoms in total. The second-order valence-corrected chi connectivity index (χ2v) is 8.69. The summed E-state index contributed by atoms with van der Waals surface area (Å²) in [6.07, 6.45) is 4.04. The number of halogens is 2. The Morgan fingerprint density at radius 2 is 1.59 bits per heavy atom. The van der Waals surface area contributed by atoms with E-state index in [4.69, 9.17) is 9.47 Å². The van der Waals surface area contributed by atoms with Crippen molar-refractivity contribution in [2.45, 2.75) is 36.5 Å². The maximum absolute atomic E-state index is 13.7. The summed E-state index contributed by atoms with van der Waals surface area (Å²) in [6, 6.07) is 15.3. The van der Waals surface area contributed by atoms with Crippen molar-refractivity contribution in [2.75, 3.05) is 40.5 Å². The highest BCUT2D eigenvalue weighted by Crippen LogP contribution is 2.47. The van der Waals surface area contributed by atoms with Gasteiger partial charge in [-0.1, -0.05) is 24.3 Å². The van der Waals surface area contributed by atoms with Gasteiger partial charge in [-0.3, -0.25) is 4.99 Å². The van der Waals surface area contributed by atoms with Gasteiger partial charge in [0.2, 0.25) is 0 Å². The van der Waals surface area contributed by atoms with E-state index in [0.29, 0.717) is 0 Å². The number of hydrogen-bond acceptors (Lipinski definition) is 3. The van der Waals surface area contributed by atoms with E-state index >= 15 is 0 Å². The summed E-state index contributed by atoms with van der Waals surface area (Å²) in [4.78, 5) is 4.44. The van der Waals surface area contributed by atoms with Crippen LogP contribution in [0.1, 0.15) is 36.8 Å². The van der Waals surface area contributed by atoms with Gasteiger partial charge in [-0.05, 0) is 61.1 Å². The number of rotatable bonds is 7. The van der Waals surface area contributed by atoms with Crippen LogP contribution in [0.15, 0.2) is 53.5 Å². The number of benzene rings is 2. The van der Waals surface area contributed by atoms with E-state index in [1.165, 1.54) is 11.6 Å². The molecule has 1 aliphatic heterocycles. The van der Waals surface area contributed by atoms with Crippen molar-refractivity contribution < 1.29 is 13.9 Å². The number of aliphatic imine (C=N–C) groups is 1. The third-order valence-corrected chi connectivity index (χ3v) is 6.85. The van der Waals surface area contributed by atoms with Gasteiger partial charge in [-0.25, -0.2) is 4.39 Å². The van der Waals surface area contributed by atoms with Gasteiger partial charge in [0.25, 0.3) is 0 Å². The molecule has 4 rings (SSSR count). The molecule has 174 valence electrons. The first-order valence-electron chi connectivity index (χ1n) is 11.0. The quantitative estimate of drug-likeness (QED) is 0.304. The van der Waals surface area contributed by atoms with E-state index in [1.807, 2.05) is 18.2 Å². The van der Waals surface area contributed by atoms with Gasteiger partial charge in [0, 0.05) is 44.2 Å². The van der Waals surface area contributed by atoms with Crippen LogP contribution in [-0.2, 0) is 15.6 Å². The minimum atomic E-state index is -0.174. The van der Waals surface area contributed by atoms with E-state index in [-0.39, 0.29) is 40.6 Å². The van der Waals surface area contributed by atoms with Crippen LogP contribution in [0, 0.1) is 5.82 Å². The van der Waals surface area contributed by atoms with Crippen molar-refractivity contribution >= 4 is 29.9 Å². The largest absolute Gasteiger partial charge is 0.497 e. The predicted octanol–water partition coefficient (Wildman–Crippen LogP) is 4.40. The number of methoxy groups -OCH3 is 1. The molecule has 0 radical (unpaired) electrons. The Bertz CT molecular complexity index is 910. The Morgan fingerprint density at radius 3 is 2.12 bits per heavy atom. The van der Waals surface area contributed by atoms with Crippen molar-refractivity contribution in [1.82, 2.24) is 10.6 Å². The first-order chi connectivity index (χ1) is 15.1. The fourth-order valence-corrected chi connectivity index (χ4v) is 4.54. The SMILES string of the molecule is CN=C(NCC1(c2ccc(OC)cc2)CCOCC1)NCC1(c2cccc(F)c2)CC1.I. The lowest BCUT2D eigenvalue weighted by Crippen LogP contribution is -2.49. The highest BCUT2D eigenvalue weighted by Gasteiger charge is 2.44. The van der Waals surface area contributed by atoms with Gasteiger partial charge in [-0.15, -0.1) is 24.0 Å². The number of hydrogen-bond donors (Lipinski definition) is 2. The zero-order valence-electron chi connectivity index (χ0n) is 18.8. The Balaban J connectivity index is 0.00000289. The first kappa shape index (κ1) is 24.8. The van der Waals surface area contributed by atoms with Crippen LogP contribution in [-0.4, -0.2) is 46.4 Å². The highest BCUT2D eigenvalue weighted by atomic mass is 127. The summed E-state index contributed by atoms with van der Waals surface area (Å²) in [5.41, 5.74) is 2.35. The fourth-order valence-electron chi connectivity index (χ4n) is 4.54. The summed E-state index contributed by atoms with van der Waals surface area (Å²) >= 11 is 0. The van der Waals surface area contributed by atoms with Crippen LogP contribution >= 0.6 is 24.0 Å². The van der Waals surface area contributed by atoms with Crippen LogP contribution < -0.4 is 15.4 Å². The normalized spacial score (nSPS) is 18.9. The van der Waals surface area contributed by atoms with Gasteiger partial charge in [0.1, 0.15) is 11.6 Å². The summed E-state index contributed by atoms with van der Waals surface area (Å²) < 4.78 is 24.7. The molecule has 2 N–H and O–H groups in total. The Kier molecular flexibility index (Phi) is 8.38. The molecular formula is C25H33FIN3O2. The fraction of sp³-hybridized carbons (Fsp3) is 0.480. The van der Waals surface area contributed by atoms with Gasteiger partial charge >= 0.3 is 0 Å². The molecule has 2 aliphatic rings. The van der Waals surface area contributed by atoms with Gasteiger partial charge < -0.3 is 20.1 Å². The molecular weight excluding hydrogens is 520 g/mol. The van der Waals surface area contributed by atoms with Crippen molar-refractivity contribution in [3.63, 3.8) is 0 Å². The molecule has 1 heterocycles. The molecule has 2 aromatic rings. The minimum absolute atomic E-state index is 0. The molecule has 32 heavy (non-hydrogen) atoms. The molecule has 7 heteroatoms. The maximum Gasteiger partial charge on any atom is 0.191 e. The van der Waals surface area contributed by atoms with Crippen molar-refractivity contribution in [2.24, 2.45) is 4.99 Å². The minimum Gasteiger partial charge on any atom is -0.497 e. The molecule has 0 unspecified atom stereocenters. The number of guanidine groups is 1. The lowest BCUT2D eigenvalue weighted by atomic mass is 9.74. The van der Waals surface area contributed by atoms with E-state index in [1.54, 1.807) is 26.3 Å². The highest BCUT2D eigenvalue weighted by molar-refractivity contribution is 14.0.